The third-order valence-electron chi connectivity index (χ3n) is 3.61. The summed E-state index contributed by atoms with van der Waals surface area (Å²) in [5, 5.41) is 8.96. The van der Waals surface area contributed by atoms with Gasteiger partial charge in [0.2, 0.25) is 0 Å². The Morgan fingerprint density at radius 2 is 1.61 bits per heavy atom. The quantitative estimate of drug-likeness (QED) is 0.774. The topological polar surface area (TPSA) is 89.1 Å². The molecule has 1 aromatic carbocycles. The largest absolute Gasteiger partial charge is 0.478 e. The fourth-order valence-electron chi connectivity index (χ4n) is 2.30. The number of aromatic nitrogens is 2. The lowest BCUT2D eigenvalue weighted by Gasteiger charge is -2.09. The van der Waals surface area contributed by atoms with Crippen LogP contribution in [0.5, 0.6) is 0 Å². The average molecular weight is 305 g/mol. The molecule has 5 heteroatoms. The molecule has 0 aliphatic rings. The van der Waals surface area contributed by atoms with Crippen LogP contribution in [0.1, 0.15) is 16.1 Å². The SMILES string of the molecule is Cc1ccc(-c2cc(-c3ccc(C(=O)O)cc3)cnc2N)cn1. The molecule has 3 aromatic rings. The molecule has 0 atom stereocenters. The van der Waals surface area contributed by atoms with Gasteiger partial charge in [0, 0.05) is 34.8 Å². The van der Waals surface area contributed by atoms with Gasteiger partial charge in [-0.25, -0.2) is 9.78 Å². The minimum atomic E-state index is -0.946. The van der Waals surface area contributed by atoms with Crippen LogP contribution in [0.25, 0.3) is 22.3 Å². The molecule has 0 saturated carbocycles. The van der Waals surface area contributed by atoms with Gasteiger partial charge in [-0.05, 0) is 36.8 Å². The molecular weight excluding hydrogens is 290 g/mol. The monoisotopic (exact) mass is 305 g/mol. The fraction of sp³-hybridized carbons (Fsp3) is 0.0556. The third kappa shape index (κ3) is 3.03. The summed E-state index contributed by atoms with van der Waals surface area (Å²) in [6, 6.07) is 12.5. The van der Waals surface area contributed by atoms with Gasteiger partial charge in [-0.1, -0.05) is 18.2 Å². The van der Waals surface area contributed by atoms with Gasteiger partial charge in [0.05, 0.1) is 5.56 Å². The first-order valence-corrected chi connectivity index (χ1v) is 7.07. The maximum absolute atomic E-state index is 10.9. The van der Waals surface area contributed by atoms with E-state index in [9.17, 15) is 4.79 Å². The second kappa shape index (κ2) is 5.88. The highest BCUT2D eigenvalue weighted by Crippen LogP contribution is 2.29. The standard InChI is InChI=1S/C18H15N3O2/c1-11-2-3-14(9-20-11)16-8-15(10-21-17(16)19)12-4-6-13(7-5-12)18(22)23/h2-10H,1H3,(H2,19,21)(H,22,23). The maximum atomic E-state index is 10.9. The van der Waals surface area contributed by atoms with Crippen molar-refractivity contribution in [3.63, 3.8) is 0 Å². The van der Waals surface area contributed by atoms with Crippen LogP contribution >= 0.6 is 0 Å². The number of aromatic carboxylic acids is 1. The Morgan fingerprint density at radius 3 is 2.22 bits per heavy atom. The lowest BCUT2D eigenvalue weighted by atomic mass is 10.0. The Balaban J connectivity index is 2.03. The van der Waals surface area contributed by atoms with Crippen molar-refractivity contribution in [2.75, 3.05) is 5.73 Å². The van der Waals surface area contributed by atoms with Crippen molar-refractivity contribution < 1.29 is 9.90 Å². The number of carboxylic acid groups (broad SMARTS) is 1. The number of carbonyl (C=O) groups is 1. The van der Waals surface area contributed by atoms with Gasteiger partial charge in [-0.3, -0.25) is 4.98 Å². The van der Waals surface area contributed by atoms with Crippen LogP contribution in [0, 0.1) is 6.92 Å². The maximum Gasteiger partial charge on any atom is 0.335 e. The molecular formula is C18H15N3O2. The molecule has 0 spiro atoms. The molecule has 3 N–H and O–H groups in total. The molecule has 0 aliphatic heterocycles. The van der Waals surface area contributed by atoms with Crippen LogP contribution in [0.15, 0.2) is 54.9 Å². The predicted molar refractivity (Wildman–Crippen MR) is 89.0 cm³/mol. The normalized spacial score (nSPS) is 10.5. The summed E-state index contributed by atoms with van der Waals surface area (Å²) in [7, 11) is 0. The van der Waals surface area contributed by atoms with Crippen molar-refractivity contribution in [1.29, 1.82) is 0 Å². The molecule has 23 heavy (non-hydrogen) atoms. The summed E-state index contributed by atoms with van der Waals surface area (Å²) in [4.78, 5) is 19.5. The van der Waals surface area contributed by atoms with E-state index in [-0.39, 0.29) is 5.56 Å². The first-order valence-electron chi connectivity index (χ1n) is 7.07. The van der Waals surface area contributed by atoms with Crippen molar-refractivity contribution in [1.82, 2.24) is 9.97 Å². The van der Waals surface area contributed by atoms with E-state index in [1.54, 1.807) is 36.7 Å². The van der Waals surface area contributed by atoms with Gasteiger partial charge in [-0.2, -0.15) is 0 Å². The zero-order chi connectivity index (χ0) is 16.4. The van der Waals surface area contributed by atoms with E-state index in [0.717, 1.165) is 27.9 Å². The van der Waals surface area contributed by atoms with Crippen LogP contribution in [-0.2, 0) is 0 Å². The Bertz CT molecular complexity index is 856. The third-order valence-corrected chi connectivity index (χ3v) is 3.61. The van der Waals surface area contributed by atoms with E-state index in [2.05, 4.69) is 9.97 Å². The first kappa shape index (κ1) is 14.7. The van der Waals surface area contributed by atoms with E-state index < -0.39 is 5.97 Å². The molecule has 3 rings (SSSR count). The summed E-state index contributed by atoms with van der Waals surface area (Å²) in [6.07, 6.45) is 3.44. The molecule has 0 amide bonds. The Hall–Kier alpha value is -3.21. The number of nitrogens with two attached hydrogens (primary N) is 1. The second-order valence-corrected chi connectivity index (χ2v) is 5.23. The van der Waals surface area contributed by atoms with E-state index in [1.807, 2.05) is 25.1 Å². The van der Waals surface area contributed by atoms with Gasteiger partial charge < -0.3 is 10.8 Å². The highest BCUT2D eigenvalue weighted by molar-refractivity contribution is 5.88. The van der Waals surface area contributed by atoms with E-state index >= 15 is 0 Å². The highest BCUT2D eigenvalue weighted by atomic mass is 16.4. The number of nitrogens with zero attached hydrogens (tertiary/aromatic N) is 2. The summed E-state index contributed by atoms with van der Waals surface area (Å²) in [5.41, 5.74) is 10.6. The number of hydrogen-bond acceptors (Lipinski definition) is 4. The van der Waals surface area contributed by atoms with E-state index in [4.69, 9.17) is 10.8 Å². The number of aryl methyl sites for hydroxylation is 1. The molecule has 5 nitrogen and oxygen atoms in total. The summed E-state index contributed by atoms with van der Waals surface area (Å²) < 4.78 is 0. The van der Waals surface area contributed by atoms with Crippen molar-refractivity contribution in [3.05, 3.63) is 66.1 Å². The molecule has 2 aromatic heterocycles. The van der Waals surface area contributed by atoms with Gasteiger partial charge in [0.25, 0.3) is 0 Å². The van der Waals surface area contributed by atoms with Gasteiger partial charge >= 0.3 is 5.97 Å². The van der Waals surface area contributed by atoms with Crippen LogP contribution in [0.3, 0.4) is 0 Å². The van der Waals surface area contributed by atoms with E-state index in [0.29, 0.717) is 5.82 Å². The number of carboxylic acids is 1. The Kier molecular flexibility index (Phi) is 3.76. The summed E-state index contributed by atoms with van der Waals surface area (Å²) in [5.74, 6) is -0.514. The second-order valence-electron chi connectivity index (χ2n) is 5.23. The minimum absolute atomic E-state index is 0.250. The van der Waals surface area contributed by atoms with Crippen molar-refractivity contribution in [2.24, 2.45) is 0 Å². The average Bonchev–Trinajstić information content (AvgIpc) is 2.56. The number of hydrogen-bond donors (Lipinski definition) is 2. The molecule has 2 heterocycles. The summed E-state index contributed by atoms with van der Waals surface area (Å²) >= 11 is 0. The minimum Gasteiger partial charge on any atom is -0.478 e. The number of nitrogen functional groups attached to an aromatic ring is 1. The van der Waals surface area contributed by atoms with Gasteiger partial charge in [-0.15, -0.1) is 0 Å². The summed E-state index contributed by atoms with van der Waals surface area (Å²) in [6.45, 7) is 1.92. The number of anilines is 1. The van der Waals surface area contributed by atoms with Gasteiger partial charge in [0.1, 0.15) is 5.82 Å². The van der Waals surface area contributed by atoms with Crippen molar-refractivity contribution >= 4 is 11.8 Å². The predicted octanol–water partition coefficient (Wildman–Crippen LogP) is 3.40. The Labute approximate surface area is 133 Å². The number of benzene rings is 1. The Morgan fingerprint density at radius 1 is 0.957 bits per heavy atom. The molecule has 0 fully saturated rings. The number of pyridine rings is 2. The van der Waals surface area contributed by atoms with Crippen LogP contribution in [0.2, 0.25) is 0 Å². The molecule has 0 unspecified atom stereocenters. The molecule has 0 bridgehead atoms. The zero-order valence-corrected chi connectivity index (χ0v) is 12.5. The number of rotatable bonds is 3. The van der Waals surface area contributed by atoms with Crippen LogP contribution in [-0.4, -0.2) is 21.0 Å². The van der Waals surface area contributed by atoms with Crippen LogP contribution < -0.4 is 5.73 Å². The molecule has 0 saturated heterocycles. The van der Waals surface area contributed by atoms with Crippen molar-refractivity contribution in [2.45, 2.75) is 6.92 Å². The smallest absolute Gasteiger partial charge is 0.335 e. The lowest BCUT2D eigenvalue weighted by molar-refractivity contribution is 0.0697. The highest BCUT2D eigenvalue weighted by Gasteiger charge is 2.08. The zero-order valence-electron chi connectivity index (χ0n) is 12.5. The molecule has 114 valence electrons. The molecule has 0 aliphatic carbocycles. The van der Waals surface area contributed by atoms with E-state index in [1.165, 1.54) is 0 Å². The van der Waals surface area contributed by atoms with Gasteiger partial charge in [0.15, 0.2) is 0 Å². The lowest BCUT2D eigenvalue weighted by Crippen LogP contribution is -1.97. The molecule has 0 radical (unpaired) electrons. The fourth-order valence-corrected chi connectivity index (χ4v) is 2.30. The van der Waals surface area contributed by atoms with Crippen LogP contribution in [0.4, 0.5) is 5.82 Å². The first-order chi connectivity index (χ1) is 11.0. The van der Waals surface area contributed by atoms with Crippen molar-refractivity contribution in [3.8, 4) is 22.3 Å².